The summed E-state index contributed by atoms with van der Waals surface area (Å²) in [5.41, 5.74) is 1.47. The fourth-order valence-electron chi connectivity index (χ4n) is 2.70. The van der Waals surface area contributed by atoms with E-state index in [2.05, 4.69) is 11.9 Å². The lowest BCUT2D eigenvalue weighted by Crippen LogP contribution is -2.29. The molecule has 1 N–H and O–H groups in total. The summed E-state index contributed by atoms with van der Waals surface area (Å²) in [4.78, 5) is 12.7. The van der Waals surface area contributed by atoms with Gasteiger partial charge in [0.2, 0.25) is 10.0 Å². The van der Waals surface area contributed by atoms with Crippen LogP contribution in [0.1, 0.15) is 15.2 Å². The largest absolute Gasteiger partial charge is 0.348 e. The molecule has 0 aliphatic carbocycles. The van der Waals surface area contributed by atoms with Crippen molar-refractivity contribution in [3.8, 4) is 0 Å². The van der Waals surface area contributed by atoms with Crippen LogP contribution >= 0.6 is 11.3 Å². The molecule has 1 aromatic heterocycles. The Morgan fingerprint density at radius 3 is 2.59 bits per heavy atom. The summed E-state index contributed by atoms with van der Waals surface area (Å²) >= 11 is 1.37. The summed E-state index contributed by atoms with van der Waals surface area (Å²) < 4.78 is 27.0. The number of carbonyl (C=O) groups is 1. The lowest BCUT2D eigenvalue weighted by Gasteiger charge is -2.22. The molecule has 0 fully saturated rings. The molecule has 1 heterocycles. The Morgan fingerprint density at radius 2 is 1.93 bits per heavy atom. The highest BCUT2D eigenvalue weighted by Crippen LogP contribution is 2.31. The molecule has 7 heteroatoms. The number of nitrogens with one attached hydrogen (secondary N) is 1. The van der Waals surface area contributed by atoms with Gasteiger partial charge in [-0.3, -0.25) is 9.10 Å². The summed E-state index contributed by atoms with van der Waals surface area (Å²) in [6.07, 6.45) is 2.82. The number of carbonyl (C=O) groups excluding carboxylic acids is 1. The minimum absolute atomic E-state index is 0.165. The summed E-state index contributed by atoms with van der Waals surface area (Å²) in [7, 11) is -3.46. The molecule has 2 aromatic carbocycles. The van der Waals surface area contributed by atoms with Crippen LogP contribution in [-0.2, 0) is 16.6 Å². The van der Waals surface area contributed by atoms with Crippen molar-refractivity contribution < 1.29 is 13.2 Å². The van der Waals surface area contributed by atoms with Gasteiger partial charge in [0.1, 0.15) is 0 Å². The van der Waals surface area contributed by atoms with E-state index in [1.54, 1.807) is 24.3 Å². The smallest absolute Gasteiger partial charge is 0.261 e. The van der Waals surface area contributed by atoms with E-state index in [9.17, 15) is 13.2 Å². The van der Waals surface area contributed by atoms with Gasteiger partial charge < -0.3 is 5.32 Å². The van der Waals surface area contributed by atoms with E-state index in [-0.39, 0.29) is 12.5 Å². The first-order valence-corrected chi connectivity index (χ1v) is 11.0. The molecule has 0 saturated carbocycles. The van der Waals surface area contributed by atoms with E-state index in [1.807, 2.05) is 36.4 Å². The van der Waals surface area contributed by atoms with Crippen LogP contribution in [0, 0.1) is 0 Å². The second-order valence-electron chi connectivity index (χ2n) is 6.09. The van der Waals surface area contributed by atoms with Crippen LogP contribution in [0.4, 0.5) is 5.69 Å². The summed E-state index contributed by atoms with van der Waals surface area (Å²) in [5.74, 6) is -0.165. The molecular weight excluding hydrogens is 380 g/mol. The third-order valence-corrected chi connectivity index (χ3v) is 6.24. The van der Waals surface area contributed by atoms with Crippen LogP contribution in [0.3, 0.4) is 0 Å². The third-order valence-electron chi connectivity index (χ3n) is 3.99. The minimum Gasteiger partial charge on any atom is -0.348 e. The molecule has 1 amide bonds. The number of sulfonamides is 1. The number of nitrogens with zero attached hydrogens (tertiary/aromatic N) is 1. The normalized spacial score (nSPS) is 11.3. The fourth-order valence-corrected chi connectivity index (χ4v) is 4.54. The Morgan fingerprint density at radius 1 is 1.19 bits per heavy atom. The Labute approximate surface area is 163 Å². The van der Waals surface area contributed by atoms with Gasteiger partial charge in [-0.05, 0) is 35.2 Å². The van der Waals surface area contributed by atoms with E-state index >= 15 is 0 Å². The first-order valence-electron chi connectivity index (χ1n) is 8.33. The first-order chi connectivity index (χ1) is 12.9. The SMILES string of the molecule is C=CCNC(=O)c1cc2cc(N(Cc3ccccc3)S(C)(=O)=O)ccc2s1. The molecule has 3 rings (SSSR count). The number of benzene rings is 2. The molecule has 140 valence electrons. The molecule has 0 aliphatic rings. The zero-order valence-electron chi connectivity index (χ0n) is 14.9. The molecule has 5 nitrogen and oxygen atoms in total. The lowest BCUT2D eigenvalue weighted by molar-refractivity contribution is 0.0962. The highest BCUT2D eigenvalue weighted by atomic mass is 32.2. The summed E-state index contributed by atoms with van der Waals surface area (Å²) in [6, 6.07) is 16.7. The predicted octanol–water partition coefficient (Wildman–Crippen LogP) is 3.78. The van der Waals surface area contributed by atoms with Gasteiger partial charge >= 0.3 is 0 Å². The molecule has 0 aliphatic heterocycles. The van der Waals surface area contributed by atoms with Crippen LogP contribution in [0.25, 0.3) is 10.1 Å². The zero-order valence-corrected chi connectivity index (χ0v) is 16.5. The van der Waals surface area contributed by atoms with E-state index in [4.69, 9.17) is 0 Å². The maximum absolute atomic E-state index is 12.4. The number of fused-ring (bicyclic) bond motifs is 1. The van der Waals surface area contributed by atoms with E-state index in [0.29, 0.717) is 17.1 Å². The molecule has 0 unspecified atom stereocenters. The zero-order chi connectivity index (χ0) is 19.4. The molecule has 0 spiro atoms. The van der Waals surface area contributed by atoms with Gasteiger partial charge in [0.05, 0.1) is 23.4 Å². The van der Waals surface area contributed by atoms with Crippen molar-refractivity contribution in [2.24, 2.45) is 0 Å². The first kappa shape index (κ1) is 19.1. The van der Waals surface area contributed by atoms with E-state index < -0.39 is 10.0 Å². The maximum Gasteiger partial charge on any atom is 0.261 e. The average Bonchev–Trinajstić information content (AvgIpc) is 3.07. The van der Waals surface area contributed by atoms with Crippen molar-refractivity contribution >= 4 is 43.0 Å². The number of thiophene rings is 1. The number of anilines is 1. The van der Waals surface area contributed by atoms with E-state index in [0.717, 1.165) is 15.6 Å². The van der Waals surface area contributed by atoms with Gasteiger partial charge in [0.25, 0.3) is 5.91 Å². The van der Waals surface area contributed by atoms with Crippen molar-refractivity contribution in [3.63, 3.8) is 0 Å². The summed E-state index contributed by atoms with van der Waals surface area (Å²) in [5, 5.41) is 3.59. The van der Waals surface area contributed by atoms with Crippen molar-refractivity contribution in [2.75, 3.05) is 17.1 Å². The van der Waals surface area contributed by atoms with Crippen molar-refractivity contribution in [3.05, 3.63) is 77.7 Å². The maximum atomic E-state index is 12.4. The lowest BCUT2D eigenvalue weighted by atomic mass is 10.2. The monoisotopic (exact) mass is 400 g/mol. The van der Waals surface area contributed by atoms with Crippen LogP contribution in [0.2, 0.25) is 0 Å². The number of rotatable bonds is 7. The molecule has 0 saturated heterocycles. The molecule has 0 atom stereocenters. The van der Waals surface area contributed by atoms with Crippen LogP contribution in [-0.4, -0.2) is 27.1 Å². The number of hydrogen-bond donors (Lipinski definition) is 1. The highest BCUT2D eigenvalue weighted by molar-refractivity contribution is 7.92. The topological polar surface area (TPSA) is 66.5 Å². The van der Waals surface area contributed by atoms with Gasteiger partial charge in [0, 0.05) is 11.2 Å². The average molecular weight is 401 g/mol. The second kappa shape index (κ2) is 7.94. The molecule has 0 radical (unpaired) electrons. The number of amides is 1. The number of hydrogen-bond acceptors (Lipinski definition) is 4. The van der Waals surface area contributed by atoms with Gasteiger partial charge in [-0.2, -0.15) is 0 Å². The van der Waals surface area contributed by atoms with Crippen LogP contribution in [0.15, 0.2) is 67.3 Å². The Bertz CT molecular complexity index is 1070. The quantitative estimate of drug-likeness (QED) is 0.614. The third kappa shape index (κ3) is 4.56. The fraction of sp³-hybridized carbons (Fsp3) is 0.150. The molecule has 27 heavy (non-hydrogen) atoms. The van der Waals surface area contributed by atoms with Gasteiger partial charge in [-0.25, -0.2) is 8.42 Å². The highest BCUT2D eigenvalue weighted by Gasteiger charge is 2.19. The summed E-state index contributed by atoms with van der Waals surface area (Å²) in [6.45, 7) is 4.24. The molecule has 3 aromatic rings. The molecule has 0 bridgehead atoms. The standard InChI is InChI=1S/C20H20N2O3S2/c1-3-11-21-20(23)19-13-16-12-17(9-10-18(16)26-19)22(27(2,24)25)14-15-7-5-4-6-8-15/h3-10,12-13H,1,11,14H2,2H3,(H,21,23). The van der Waals surface area contributed by atoms with Gasteiger partial charge in [-0.15, -0.1) is 17.9 Å². The molecular formula is C20H20N2O3S2. The van der Waals surface area contributed by atoms with Crippen molar-refractivity contribution in [2.45, 2.75) is 6.54 Å². The van der Waals surface area contributed by atoms with E-state index in [1.165, 1.54) is 21.9 Å². The van der Waals surface area contributed by atoms with Crippen molar-refractivity contribution in [1.29, 1.82) is 0 Å². The van der Waals surface area contributed by atoms with Crippen molar-refractivity contribution in [1.82, 2.24) is 5.32 Å². The van der Waals surface area contributed by atoms with Gasteiger partial charge in [0.15, 0.2) is 0 Å². The van der Waals surface area contributed by atoms with Gasteiger partial charge in [-0.1, -0.05) is 36.4 Å². The Balaban J connectivity index is 1.95. The van der Waals surface area contributed by atoms with Crippen LogP contribution < -0.4 is 9.62 Å². The minimum atomic E-state index is -3.46. The Hall–Kier alpha value is -2.64. The van der Waals surface area contributed by atoms with Crippen LogP contribution in [0.5, 0.6) is 0 Å². The predicted molar refractivity (Wildman–Crippen MR) is 112 cm³/mol. The Kier molecular flexibility index (Phi) is 5.62. The second-order valence-corrected chi connectivity index (χ2v) is 9.08.